The quantitative estimate of drug-likeness (QED) is 0.767. The lowest BCUT2D eigenvalue weighted by molar-refractivity contribution is -0.124. The van der Waals surface area contributed by atoms with Gasteiger partial charge in [-0.05, 0) is 38.3 Å². The molecule has 0 aromatic carbocycles. The van der Waals surface area contributed by atoms with E-state index >= 15 is 0 Å². The maximum atomic E-state index is 11.6. The number of nitrogens with zero attached hydrogens (tertiary/aromatic N) is 1. The first-order valence-corrected chi connectivity index (χ1v) is 7.65. The van der Waals surface area contributed by atoms with E-state index in [1.165, 1.54) is 25.7 Å². The molecule has 0 spiro atoms. The molecule has 1 aliphatic carbocycles. The van der Waals surface area contributed by atoms with Crippen LogP contribution in [0.4, 0.5) is 0 Å². The Morgan fingerprint density at radius 1 is 1.47 bits per heavy atom. The fourth-order valence-corrected chi connectivity index (χ4v) is 3.38. The van der Waals surface area contributed by atoms with Gasteiger partial charge in [-0.3, -0.25) is 4.79 Å². The van der Waals surface area contributed by atoms with E-state index in [0.29, 0.717) is 12.0 Å². The van der Waals surface area contributed by atoms with Crippen molar-refractivity contribution in [3.05, 3.63) is 0 Å². The Hall–Kier alpha value is -0.610. The summed E-state index contributed by atoms with van der Waals surface area (Å²) in [7, 11) is 3.85. The summed E-state index contributed by atoms with van der Waals surface area (Å²) in [6.07, 6.45) is 5.04. The zero-order valence-electron chi connectivity index (χ0n) is 13.0. The average Bonchev–Trinajstić information content (AvgIpc) is 2.45. The number of nitrogens with two attached hydrogens (primary N) is 1. The maximum absolute atomic E-state index is 11.6. The molecule has 1 aliphatic rings. The zero-order chi connectivity index (χ0) is 14.4. The van der Waals surface area contributed by atoms with Gasteiger partial charge in [-0.1, -0.05) is 26.7 Å². The molecule has 0 heterocycles. The minimum Gasteiger partial charge on any atom is -0.359 e. The number of hydrogen-bond acceptors (Lipinski definition) is 3. The van der Waals surface area contributed by atoms with Gasteiger partial charge >= 0.3 is 0 Å². The number of rotatable bonds is 6. The van der Waals surface area contributed by atoms with Crippen molar-refractivity contribution in [2.45, 2.75) is 45.6 Å². The molecule has 3 N–H and O–H groups in total. The average molecular weight is 269 g/mol. The van der Waals surface area contributed by atoms with Gasteiger partial charge in [0.15, 0.2) is 0 Å². The van der Waals surface area contributed by atoms with Gasteiger partial charge in [0.1, 0.15) is 0 Å². The molecular weight excluding hydrogens is 238 g/mol. The van der Waals surface area contributed by atoms with Crippen LogP contribution in [0.3, 0.4) is 0 Å². The van der Waals surface area contributed by atoms with Gasteiger partial charge in [0.05, 0.1) is 0 Å². The van der Waals surface area contributed by atoms with E-state index in [2.05, 4.69) is 24.2 Å². The number of carbonyl (C=O) groups is 1. The number of amides is 1. The van der Waals surface area contributed by atoms with Crippen molar-refractivity contribution in [2.24, 2.45) is 23.5 Å². The van der Waals surface area contributed by atoms with Crippen molar-refractivity contribution in [2.75, 3.05) is 27.2 Å². The van der Waals surface area contributed by atoms with Gasteiger partial charge < -0.3 is 16.0 Å². The Labute approximate surface area is 118 Å². The van der Waals surface area contributed by atoms with Crippen LogP contribution in [-0.2, 0) is 4.79 Å². The van der Waals surface area contributed by atoms with Crippen molar-refractivity contribution >= 4 is 5.91 Å². The Bertz CT molecular complexity index is 283. The fraction of sp³-hybridized carbons (Fsp3) is 0.933. The first-order valence-electron chi connectivity index (χ1n) is 7.65. The molecular formula is C15H31N3O. The summed E-state index contributed by atoms with van der Waals surface area (Å²) in [6.45, 7) is 5.85. The third kappa shape index (κ3) is 4.46. The molecule has 0 aliphatic heterocycles. The van der Waals surface area contributed by atoms with E-state index in [4.69, 9.17) is 5.73 Å². The SMILES string of the molecule is CCC1CCC(CN)C(N(C)CC(C)C(=O)NC)C1. The molecule has 4 unspecified atom stereocenters. The van der Waals surface area contributed by atoms with E-state index in [1.807, 2.05) is 6.92 Å². The zero-order valence-corrected chi connectivity index (χ0v) is 13.0. The van der Waals surface area contributed by atoms with Crippen LogP contribution in [0.1, 0.15) is 39.5 Å². The van der Waals surface area contributed by atoms with Crippen molar-refractivity contribution in [1.82, 2.24) is 10.2 Å². The van der Waals surface area contributed by atoms with Crippen LogP contribution in [0.15, 0.2) is 0 Å². The van der Waals surface area contributed by atoms with Crippen LogP contribution >= 0.6 is 0 Å². The number of hydrogen-bond donors (Lipinski definition) is 2. The van der Waals surface area contributed by atoms with Gasteiger partial charge in [-0.2, -0.15) is 0 Å². The summed E-state index contributed by atoms with van der Waals surface area (Å²) in [5.74, 6) is 1.57. The maximum Gasteiger partial charge on any atom is 0.223 e. The predicted octanol–water partition coefficient (Wildman–Crippen LogP) is 1.45. The lowest BCUT2D eigenvalue weighted by Crippen LogP contribution is -2.47. The van der Waals surface area contributed by atoms with Gasteiger partial charge in [0.2, 0.25) is 5.91 Å². The molecule has 1 fully saturated rings. The van der Waals surface area contributed by atoms with Crippen molar-refractivity contribution in [1.29, 1.82) is 0 Å². The molecule has 4 atom stereocenters. The monoisotopic (exact) mass is 269 g/mol. The molecule has 4 heteroatoms. The first kappa shape index (κ1) is 16.4. The number of carbonyl (C=O) groups excluding carboxylic acids is 1. The van der Waals surface area contributed by atoms with Gasteiger partial charge in [0.25, 0.3) is 0 Å². The van der Waals surface area contributed by atoms with Crippen LogP contribution in [0.2, 0.25) is 0 Å². The molecule has 4 nitrogen and oxygen atoms in total. The third-order valence-corrected chi connectivity index (χ3v) is 4.77. The number of nitrogens with one attached hydrogen (secondary N) is 1. The summed E-state index contributed by atoms with van der Waals surface area (Å²) in [6, 6.07) is 0.538. The van der Waals surface area contributed by atoms with E-state index in [0.717, 1.165) is 19.0 Å². The normalized spacial score (nSPS) is 29.3. The molecule has 0 radical (unpaired) electrons. The van der Waals surface area contributed by atoms with E-state index in [-0.39, 0.29) is 11.8 Å². The molecule has 1 rings (SSSR count). The Morgan fingerprint density at radius 3 is 2.68 bits per heavy atom. The van der Waals surface area contributed by atoms with E-state index in [1.54, 1.807) is 7.05 Å². The van der Waals surface area contributed by atoms with Gasteiger partial charge in [-0.15, -0.1) is 0 Å². The smallest absolute Gasteiger partial charge is 0.223 e. The second-order valence-electron chi connectivity index (χ2n) is 6.11. The van der Waals surface area contributed by atoms with Crippen LogP contribution in [0.25, 0.3) is 0 Å². The Balaban J connectivity index is 2.60. The molecule has 0 saturated heterocycles. The van der Waals surface area contributed by atoms with Crippen LogP contribution in [-0.4, -0.2) is 44.0 Å². The molecule has 0 bridgehead atoms. The molecule has 1 saturated carbocycles. The largest absolute Gasteiger partial charge is 0.359 e. The lowest BCUT2D eigenvalue weighted by atomic mass is 9.76. The summed E-state index contributed by atoms with van der Waals surface area (Å²) in [4.78, 5) is 14.0. The minimum atomic E-state index is 0.0374. The first-order chi connectivity index (χ1) is 9.03. The van der Waals surface area contributed by atoms with Crippen molar-refractivity contribution in [3.63, 3.8) is 0 Å². The summed E-state index contributed by atoms with van der Waals surface area (Å²) in [5, 5.41) is 2.73. The highest BCUT2D eigenvalue weighted by Gasteiger charge is 2.32. The Kier molecular flexibility index (Phi) is 6.80. The predicted molar refractivity (Wildman–Crippen MR) is 79.8 cm³/mol. The van der Waals surface area contributed by atoms with Crippen molar-refractivity contribution in [3.8, 4) is 0 Å². The van der Waals surface area contributed by atoms with Gasteiger partial charge in [-0.25, -0.2) is 0 Å². The van der Waals surface area contributed by atoms with Crippen LogP contribution in [0, 0.1) is 17.8 Å². The summed E-state index contributed by atoms with van der Waals surface area (Å²) in [5.41, 5.74) is 5.93. The van der Waals surface area contributed by atoms with E-state index < -0.39 is 0 Å². The third-order valence-electron chi connectivity index (χ3n) is 4.77. The standard InChI is InChI=1S/C15H31N3O/c1-5-12-6-7-13(9-16)14(8-12)18(4)10-11(2)15(19)17-3/h11-14H,5-10,16H2,1-4H3,(H,17,19). The summed E-state index contributed by atoms with van der Waals surface area (Å²) < 4.78 is 0. The van der Waals surface area contributed by atoms with Crippen LogP contribution < -0.4 is 11.1 Å². The highest BCUT2D eigenvalue weighted by molar-refractivity contribution is 5.78. The topological polar surface area (TPSA) is 58.4 Å². The second kappa shape index (κ2) is 7.85. The molecule has 1 amide bonds. The summed E-state index contributed by atoms with van der Waals surface area (Å²) >= 11 is 0. The lowest BCUT2D eigenvalue weighted by Gasteiger charge is -2.41. The Morgan fingerprint density at radius 2 is 2.16 bits per heavy atom. The molecule has 19 heavy (non-hydrogen) atoms. The molecule has 0 aromatic heterocycles. The minimum absolute atomic E-state index is 0.0374. The fourth-order valence-electron chi connectivity index (χ4n) is 3.38. The highest BCUT2D eigenvalue weighted by atomic mass is 16.1. The van der Waals surface area contributed by atoms with Crippen molar-refractivity contribution < 1.29 is 4.79 Å². The molecule has 112 valence electrons. The molecule has 0 aromatic rings. The van der Waals surface area contributed by atoms with Crippen LogP contribution in [0.5, 0.6) is 0 Å². The van der Waals surface area contributed by atoms with E-state index in [9.17, 15) is 4.79 Å². The second-order valence-corrected chi connectivity index (χ2v) is 6.11. The van der Waals surface area contributed by atoms with Gasteiger partial charge in [0, 0.05) is 25.6 Å². The highest BCUT2D eigenvalue weighted by Crippen LogP contribution is 2.33.